The normalized spacial score (nSPS) is 18.4. The largest absolute Gasteiger partial charge is 0.242 e. The molecule has 1 heterocycles. The summed E-state index contributed by atoms with van der Waals surface area (Å²) in [6, 6.07) is 6.61. The molecule has 0 amide bonds. The van der Waals surface area contributed by atoms with Gasteiger partial charge < -0.3 is 0 Å². The van der Waals surface area contributed by atoms with Crippen LogP contribution in [0.1, 0.15) is 35.4 Å². The lowest BCUT2D eigenvalue weighted by Gasteiger charge is -2.25. The van der Waals surface area contributed by atoms with Crippen molar-refractivity contribution in [3.63, 3.8) is 0 Å². The number of benzene rings is 1. The van der Waals surface area contributed by atoms with Crippen LogP contribution in [0.4, 0.5) is 0 Å². The lowest BCUT2D eigenvalue weighted by molar-refractivity contribution is 0.451. The highest BCUT2D eigenvalue weighted by Gasteiger charge is 2.18. The summed E-state index contributed by atoms with van der Waals surface area (Å²) >= 11 is 0. The van der Waals surface area contributed by atoms with Crippen molar-refractivity contribution in [1.29, 1.82) is 0 Å². The van der Waals surface area contributed by atoms with Gasteiger partial charge >= 0.3 is 0 Å². The number of rotatable bonds is 1. The van der Waals surface area contributed by atoms with Crippen molar-refractivity contribution < 1.29 is 0 Å². The van der Waals surface area contributed by atoms with E-state index in [0.29, 0.717) is 0 Å². The maximum atomic E-state index is 4.41. The van der Waals surface area contributed by atoms with Crippen molar-refractivity contribution in [3.05, 3.63) is 34.9 Å². The van der Waals surface area contributed by atoms with Crippen molar-refractivity contribution in [1.82, 2.24) is 5.32 Å². The Hall–Kier alpha value is -0.820. The fraction of sp³-hybridized carbons (Fsp3) is 0.538. The minimum absolute atomic E-state index is 0.758. The molecule has 0 spiro atoms. The monoisotopic (exact) mass is 188 g/mol. The molecule has 1 nitrogen and oxygen atoms in total. The Kier molecular flexibility index (Phi) is 2.87. The summed E-state index contributed by atoms with van der Waals surface area (Å²) in [6.45, 7) is 6.57. The zero-order chi connectivity index (χ0) is 9.97. The maximum absolute atomic E-state index is 4.41. The third kappa shape index (κ3) is 1.83. The number of piperidine rings is 1. The van der Waals surface area contributed by atoms with Gasteiger partial charge in [0.2, 0.25) is 0 Å². The quantitative estimate of drug-likeness (QED) is 0.643. The first-order valence-corrected chi connectivity index (χ1v) is 5.48. The van der Waals surface area contributed by atoms with Crippen molar-refractivity contribution in [3.8, 4) is 0 Å². The fourth-order valence-corrected chi connectivity index (χ4v) is 2.51. The second kappa shape index (κ2) is 4.14. The Bertz CT molecular complexity index is 291. The van der Waals surface area contributed by atoms with Crippen LogP contribution in [0.5, 0.6) is 0 Å². The molecule has 1 heteroatoms. The van der Waals surface area contributed by atoms with Crippen LogP contribution in [0.2, 0.25) is 0 Å². The standard InChI is InChI=1S/C13H18N/c1-10-4-3-5-11(2)13(10)12-6-8-14-9-7-12/h3-5,12H,6-9H2,1-2H3. The van der Waals surface area contributed by atoms with Gasteiger partial charge in [-0.15, -0.1) is 0 Å². The van der Waals surface area contributed by atoms with Gasteiger partial charge in [-0.05, 0) is 49.3 Å². The molecule has 0 bridgehead atoms. The minimum Gasteiger partial charge on any atom is -0.242 e. The molecule has 0 N–H and O–H groups in total. The summed E-state index contributed by atoms with van der Waals surface area (Å²) < 4.78 is 0. The van der Waals surface area contributed by atoms with Gasteiger partial charge in [0.25, 0.3) is 0 Å². The van der Waals surface area contributed by atoms with Crippen molar-refractivity contribution in [2.24, 2.45) is 0 Å². The number of nitrogens with zero attached hydrogens (tertiary/aromatic N) is 1. The van der Waals surface area contributed by atoms with Crippen LogP contribution in [0.15, 0.2) is 18.2 Å². The van der Waals surface area contributed by atoms with Crippen molar-refractivity contribution >= 4 is 0 Å². The van der Waals surface area contributed by atoms with Gasteiger partial charge in [0, 0.05) is 13.1 Å². The summed E-state index contributed by atoms with van der Waals surface area (Å²) in [6.07, 6.45) is 2.48. The van der Waals surface area contributed by atoms with Gasteiger partial charge in [-0.25, -0.2) is 5.32 Å². The molecule has 2 rings (SSSR count). The third-order valence-corrected chi connectivity index (χ3v) is 3.22. The van der Waals surface area contributed by atoms with Crippen LogP contribution in [0.25, 0.3) is 0 Å². The van der Waals surface area contributed by atoms with Crippen molar-refractivity contribution in [2.75, 3.05) is 13.1 Å². The lowest BCUT2D eigenvalue weighted by atomic mass is 9.85. The van der Waals surface area contributed by atoms with E-state index in [9.17, 15) is 0 Å². The summed E-state index contributed by atoms with van der Waals surface area (Å²) in [5.41, 5.74) is 4.50. The molecule has 1 aliphatic rings. The Balaban J connectivity index is 2.29. The molecule has 0 atom stereocenters. The molecule has 1 radical (unpaired) electrons. The smallest absolute Gasteiger partial charge is 0.0139 e. The average Bonchev–Trinajstić information content (AvgIpc) is 2.19. The highest BCUT2D eigenvalue weighted by Crippen LogP contribution is 2.30. The second-order valence-electron chi connectivity index (χ2n) is 4.25. The molecule has 0 aliphatic carbocycles. The first-order chi connectivity index (χ1) is 6.79. The highest BCUT2D eigenvalue weighted by molar-refractivity contribution is 5.36. The molecule has 75 valence electrons. The first kappa shape index (κ1) is 9.72. The van der Waals surface area contributed by atoms with E-state index in [4.69, 9.17) is 0 Å². The summed E-state index contributed by atoms with van der Waals surface area (Å²) in [4.78, 5) is 0. The Morgan fingerprint density at radius 2 is 1.64 bits per heavy atom. The third-order valence-electron chi connectivity index (χ3n) is 3.22. The van der Waals surface area contributed by atoms with Gasteiger partial charge in [-0.2, -0.15) is 0 Å². The summed E-state index contributed by atoms with van der Waals surface area (Å²) in [5, 5.41) is 4.41. The molecule has 1 aromatic carbocycles. The van der Waals surface area contributed by atoms with Crippen LogP contribution in [-0.2, 0) is 0 Å². The van der Waals surface area contributed by atoms with Crippen LogP contribution < -0.4 is 5.32 Å². The molecular formula is C13H18N. The van der Waals surface area contributed by atoms with E-state index in [-0.39, 0.29) is 0 Å². The van der Waals surface area contributed by atoms with Crippen LogP contribution in [0.3, 0.4) is 0 Å². The van der Waals surface area contributed by atoms with Gasteiger partial charge in [0.05, 0.1) is 0 Å². The van der Waals surface area contributed by atoms with E-state index >= 15 is 0 Å². The molecule has 1 saturated heterocycles. The highest BCUT2D eigenvalue weighted by atomic mass is 14.9. The predicted molar refractivity (Wildman–Crippen MR) is 59.8 cm³/mol. The zero-order valence-electron chi connectivity index (χ0n) is 9.09. The SMILES string of the molecule is Cc1cccc(C)c1C1CC[N]CC1. The number of hydrogen-bond acceptors (Lipinski definition) is 0. The molecule has 1 aliphatic heterocycles. The Morgan fingerprint density at radius 3 is 2.21 bits per heavy atom. The van der Waals surface area contributed by atoms with Crippen LogP contribution in [-0.4, -0.2) is 13.1 Å². The molecule has 0 unspecified atom stereocenters. The lowest BCUT2D eigenvalue weighted by Crippen LogP contribution is -2.22. The first-order valence-electron chi connectivity index (χ1n) is 5.48. The predicted octanol–water partition coefficient (Wildman–Crippen LogP) is 2.79. The van der Waals surface area contributed by atoms with E-state index in [1.807, 2.05) is 0 Å². The van der Waals surface area contributed by atoms with E-state index < -0.39 is 0 Å². The molecule has 0 aromatic heterocycles. The van der Waals surface area contributed by atoms with Gasteiger partial charge in [-0.1, -0.05) is 18.2 Å². The zero-order valence-corrected chi connectivity index (χ0v) is 9.09. The Labute approximate surface area is 86.5 Å². The second-order valence-corrected chi connectivity index (χ2v) is 4.25. The maximum Gasteiger partial charge on any atom is 0.0139 e. The fourth-order valence-electron chi connectivity index (χ4n) is 2.51. The van der Waals surface area contributed by atoms with Crippen LogP contribution >= 0.6 is 0 Å². The number of aryl methyl sites for hydroxylation is 2. The Morgan fingerprint density at radius 1 is 1.07 bits per heavy atom. The van der Waals surface area contributed by atoms with E-state index in [2.05, 4.69) is 37.4 Å². The molecule has 1 aromatic rings. The summed E-state index contributed by atoms with van der Waals surface area (Å²) in [7, 11) is 0. The van der Waals surface area contributed by atoms with Crippen molar-refractivity contribution in [2.45, 2.75) is 32.6 Å². The number of hydrogen-bond donors (Lipinski definition) is 0. The van der Waals surface area contributed by atoms with Crippen LogP contribution in [0, 0.1) is 13.8 Å². The summed E-state index contributed by atoms with van der Waals surface area (Å²) in [5.74, 6) is 0.758. The van der Waals surface area contributed by atoms with E-state index in [1.165, 1.54) is 24.0 Å². The van der Waals surface area contributed by atoms with Gasteiger partial charge in [0.1, 0.15) is 0 Å². The molecule has 14 heavy (non-hydrogen) atoms. The van der Waals surface area contributed by atoms with Gasteiger partial charge in [-0.3, -0.25) is 0 Å². The molecule has 1 fully saturated rings. The van der Waals surface area contributed by atoms with E-state index in [1.54, 1.807) is 5.56 Å². The minimum atomic E-state index is 0.758. The van der Waals surface area contributed by atoms with E-state index in [0.717, 1.165) is 19.0 Å². The molecular weight excluding hydrogens is 170 g/mol. The van der Waals surface area contributed by atoms with Gasteiger partial charge in [0.15, 0.2) is 0 Å². The average molecular weight is 188 g/mol. The molecule has 0 saturated carbocycles. The topological polar surface area (TPSA) is 14.1 Å².